The van der Waals surface area contributed by atoms with E-state index >= 15 is 0 Å². The van der Waals surface area contributed by atoms with E-state index in [4.69, 9.17) is 33.0 Å². The topological polar surface area (TPSA) is 74.3 Å². The summed E-state index contributed by atoms with van der Waals surface area (Å²) >= 11 is 13.6. The van der Waals surface area contributed by atoms with Crippen molar-refractivity contribution in [1.29, 1.82) is 0 Å². The van der Waals surface area contributed by atoms with Gasteiger partial charge in [0.05, 0.1) is 21.3 Å². The molecule has 3 aromatic heterocycles. The number of benzene rings is 3. The second-order valence-corrected chi connectivity index (χ2v) is 11.4. The Kier molecular flexibility index (Phi) is 6.92. The number of hydrogen-bond donors (Lipinski definition) is 0. The first-order chi connectivity index (χ1) is 19.3. The lowest BCUT2D eigenvalue weighted by Crippen LogP contribution is -2.23. The molecule has 0 fully saturated rings. The lowest BCUT2D eigenvalue weighted by Gasteiger charge is -2.13. The van der Waals surface area contributed by atoms with E-state index in [1.807, 2.05) is 80.2 Å². The zero-order valence-electron chi connectivity index (χ0n) is 21.8. The number of aryl methyl sites for hydroxylation is 1. The van der Waals surface area contributed by atoms with Crippen LogP contribution in [-0.2, 0) is 0 Å². The second-order valence-electron chi connectivity index (χ2n) is 9.53. The number of thiazole rings is 1. The number of para-hydroxylation sites is 1. The van der Waals surface area contributed by atoms with Crippen LogP contribution in [0.2, 0.25) is 10.0 Å². The van der Waals surface area contributed by atoms with E-state index in [-0.39, 0.29) is 11.7 Å². The number of halogens is 2. The monoisotopic (exact) mass is 587 g/mol. The average molecular weight is 589 g/mol. The molecule has 0 bridgehead atoms. The van der Waals surface area contributed by atoms with Crippen molar-refractivity contribution < 1.29 is 4.74 Å². The van der Waals surface area contributed by atoms with Gasteiger partial charge >= 0.3 is 0 Å². The summed E-state index contributed by atoms with van der Waals surface area (Å²) in [6.07, 6.45) is 3.84. The summed E-state index contributed by atoms with van der Waals surface area (Å²) in [6, 6.07) is 20.9. The smallest absolute Gasteiger partial charge is 0.291 e. The molecule has 0 N–H and O–H groups in total. The van der Waals surface area contributed by atoms with E-state index in [0.717, 1.165) is 33.8 Å². The van der Waals surface area contributed by atoms with E-state index in [0.29, 0.717) is 30.9 Å². The number of fused-ring (bicyclic) bond motifs is 1. The summed E-state index contributed by atoms with van der Waals surface area (Å²) in [5.74, 6) is 1.20. The summed E-state index contributed by atoms with van der Waals surface area (Å²) in [5.41, 5.74) is 4.72. The third kappa shape index (κ3) is 5.01. The summed E-state index contributed by atoms with van der Waals surface area (Å²) < 4.78 is 9.54. The Bertz CT molecular complexity index is 1980. The van der Waals surface area contributed by atoms with Gasteiger partial charge in [-0.15, -0.1) is 5.10 Å². The van der Waals surface area contributed by atoms with Crippen molar-refractivity contribution in [3.8, 4) is 34.1 Å². The molecule has 0 radical (unpaired) electrons. The minimum absolute atomic E-state index is 0.0730. The molecule has 0 saturated heterocycles. The highest BCUT2D eigenvalue weighted by atomic mass is 35.5. The molecule has 0 atom stereocenters. The van der Waals surface area contributed by atoms with Gasteiger partial charge in [0.2, 0.25) is 4.96 Å². The maximum atomic E-state index is 13.4. The van der Waals surface area contributed by atoms with Crippen LogP contribution >= 0.6 is 34.5 Å². The first-order valence-corrected chi connectivity index (χ1v) is 14.1. The van der Waals surface area contributed by atoms with Crippen LogP contribution in [0.5, 0.6) is 5.75 Å². The van der Waals surface area contributed by atoms with Crippen molar-refractivity contribution in [2.75, 3.05) is 0 Å². The van der Waals surface area contributed by atoms with Gasteiger partial charge in [-0.25, -0.2) is 4.68 Å². The van der Waals surface area contributed by atoms with Gasteiger partial charge in [0.15, 0.2) is 5.82 Å². The standard InChI is InChI=1S/C30H23Cl2N5O2S/c1-17(2)39-25-12-9-19(13-18(25)3)27-20(16-36(34-27)22-7-5-4-6-8-22)14-26-29(38)37-30(40-26)33-28(35-37)23-11-10-21(31)15-24(23)32/h4-17H,1-3H3/b26-14-. The Hall–Kier alpha value is -3.98. The first kappa shape index (κ1) is 26.3. The fourth-order valence-electron chi connectivity index (χ4n) is 4.37. The molecule has 6 aromatic rings. The molecule has 40 heavy (non-hydrogen) atoms. The van der Waals surface area contributed by atoms with Crippen LogP contribution in [0.1, 0.15) is 25.0 Å². The third-order valence-corrected chi connectivity index (χ3v) is 7.72. The quantitative estimate of drug-likeness (QED) is 0.219. The number of rotatable bonds is 6. The summed E-state index contributed by atoms with van der Waals surface area (Å²) in [4.78, 5) is 18.4. The highest BCUT2D eigenvalue weighted by Gasteiger charge is 2.17. The van der Waals surface area contributed by atoms with Gasteiger partial charge in [0.25, 0.3) is 5.56 Å². The van der Waals surface area contributed by atoms with Crippen molar-refractivity contribution in [1.82, 2.24) is 24.4 Å². The number of nitrogens with zero attached hydrogens (tertiary/aromatic N) is 5. The van der Waals surface area contributed by atoms with E-state index in [1.54, 1.807) is 18.2 Å². The van der Waals surface area contributed by atoms with Crippen molar-refractivity contribution in [2.45, 2.75) is 26.9 Å². The highest BCUT2D eigenvalue weighted by molar-refractivity contribution is 7.15. The Morgan fingerprint density at radius 1 is 1.00 bits per heavy atom. The Morgan fingerprint density at radius 2 is 1.80 bits per heavy atom. The predicted octanol–water partition coefficient (Wildman–Crippen LogP) is 6.62. The number of ether oxygens (including phenoxy) is 1. The minimum atomic E-state index is -0.265. The van der Waals surface area contributed by atoms with Crippen molar-refractivity contribution in [2.24, 2.45) is 0 Å². The predicted molar refractivity (Wildman–Crippen MR) is 161 cm³/mol. The van der Waals surface area contributed by atoms with Crippen LogP contribution in [0.3, 0.4) is 0 Å². The van der Waals surface area contributed by atoms with Crippen LogP contribution in [-0.4, -0.2) is 30.5 Å². The fourth-order valence-corrected chi connectivity index (χ4v) is 5.76. The first-order valence-electron chi connectivity index (χ1n) is 12.6. The molecule has 0 aliphatic rings. The van der Waals surface area contributed by atoms with Crippen molar-refractivity contribution >= 4 is 45.6 Å². The van der Waals surface area contributed by atoms with Crippen molar-refractivity contribution in [3.63, 3.8) is 0 Å². The molecule has 6 rings (SSSR count). The molecule has 0 amide bonds. The molecule has 3 aromatic carbocycles. The molecular formula is C30H23Cl2N5O2S. The van der Waals surface area contributed by atoms with E-state index < -0.39 is 0 Å². The second kappa shape index (κ2) is 10.5. The molecule has 0 aliphatic heterocycles. The number of aromatic nitrogens is 5. The van der Waals surface area contributed by atoms with Crippen LogP contribution in [0.25, 0.3) is 39.4 Å². The highest BCUT2D eigenvalue weighted by Crippen LogP contribution is 2.30. The van der Waals surface area contributed by atoms with Gasteiger partial charge in [0, 0.05) is 27.9 Å². The van der Waals surface area contributed by atoms with Gasteiger partial charge in [-0.1, -0.05) is 52.7 Å². The van der Waals surface area contributed by atoms with Gasteiger partial charge in [-0.2, -0.15) is 14.6 Å². The summed E-state index contributed by atoms with van der Waals surface area (Å²) in [7, 11) is 0. The molecule has 0 saturated carbocycles. The van der Waals surface area contributed by atoms with E-state index in [2.05, 4.69) is 16.1 Å². The molecule has 3 heterocycles. The zero-order chi connectivity index (χ0) is 28.0. The Morgan fingerprint density at radius 3 is 2.50 bits per heavy atom. The maximum Gasteiger partial charge on any atom is 0.291 e. The number of hydrogen-bond acceptors (Lipinski definition) is 6. The molecule has 200 valence electrons. The van der Waals surface area contributed by atoms with Gasteiger partial charge in [0.1, 0.15) is 11.4 Å². The van der Waals surface area contributed by atoms with E-state index in [9.17, 15) is 4.79 Å². The van der Waals surface area contributed by atoms with Crippen LogP contribution < -0.4 is 14.8 Å². The average Bonchev–Trinajstić information content (AvgIpc) is 3.61. The SMILES string of the molecule is Cc1cc(-c2nn(-c3ccccc3)cc2/C=c2\sc3nc(-c4ccc(Cl)cc4Cl)nn3c2=O)ccc1OC(C)C. The molecule has 7 nitrogen and oxygen atoms in total. The molecule has 0 unspecified atom stereocenters. The molecule has 0 aliphatic carbocycles. The van der Waals surface area contributed by atoms with Gasteiger partial charge in [-0.3, -0.25) is 4.79 Å². The van der Waals surface area contributed by atoms with E-state index in [1.165, 1.54) is 15.9 Å². The zero-order valence-corrected chi connectivity index (χ0v) is 24.1. The van der Waals surface area contributed by atoms with Gasteiger partial charge in [-0.05, 0) is 80.9 Å². The summed E-state index contributed by atoms with van der Waals surface area (Å²) in [6.45, 7) is 6.02. The van der Waals surface area contributed by atoms with Crippen LogP contribution in [0.4, 0.5) is 0 Å². The van der Waals surface area contributed by atoms with Crippen LogP contribution in [0.15, 0.2) is 77.7 Å². The normalized spacial score (nSPS) is 12.1. The molecular weight excluding hydrogens is 565 g/mol. The fraction of sp³-hybridized carbons (Fsp3) is 0.133. The Balaban J connectivity index is 1.47. The van der Waals surface area contributed by atoms with Crippen molar-refractivity contribution in [3.05, 3.63) is 109 Å². The Labute approximate surface area is 243 Å². The minimum Gasteiger partial charge on any atom is -0.491 e. The van der Waals surface area contributed by atoms with Gasteiger partial charge < -0.3 is 4.74 Å². The maximum absolute atomic E-state index is 13.4. The molecule has 10 heteroatoms. The van der Waals surface area contributed by atoms with Crippen LogP contribution in [0, 0.1) is 6.92 Å². The third-order valence-electron chi connectivity index (χ3n) is 6.21. The lowest BCUT2D eigenvalue weighted by atomic mass is 10.0. The summed E-state index contributed by atoms with van der Waals surface area (Å²) in [5, 5.41) is 10.3. The largest absolute Gasteiger partial charge is 0.491 e. The lowest BCUT2D eigenvalue weighted by molar-refractivity contribution is 0.241. The molecule has 0 spiro atoms.